The van der Waals surface area contributed by atoms with Crippen molar-refractivity contribution in [2.75, 3.05) is 13.2 Å². The number of aromatic nitrogens is 1. The van der Waals surface area contributed by atoms with E-state index in [1.165, 1.54) is 34.8 Å². The Morgan fingerprint density at radius 3 is 2.81 bits per heavy atom. The number of thiazole rings is 1. The second kappa shape index (κ2) is 8.44. The van der Waals surface area contributed by atoms with Crippen LogP contribution < -0.4 is 9.94 Å². The highest BCUT2D eigenvalue weighted by molar-refractivity contribution is 7.89. The van der Waals surface area contributed by atoms with Crippen LogP contribution in [0.3, 0.4) is 0 Å². The molecule has 0 aliphatic carbocycles. The zero-order chi connectivity index (χ0) is 19.4. The normalized spacial score (nSPS) is 12.7. The SMILES string of the molecule is CCOCCn1c(=NC(=O)Cc2cccs2)sc2cc(S(N)(=O)=O)ccc21. The molecule has 0 aliphatic rings. The van der Waals surface area contributed by atoms with Gasteiger partial charge in [-0.3, -0.25) is 4.79 Å². The highest BCUT2D eigenvalue weighted by Crippen LogP contribution is 2.21. The fourth-order valence-corrected chi connectivity index (χ4v) is 4.96. The van der Waals surface area contributed by atoms with Gasteiger partial charge in [-0.05, 0) is 36.6 Å². The first-order valence-corrected chi connectivity index (χ1v) is 11.5. The average molecular weight is 426 g/mol. The maximum Gasteiger partial charge on any atom is 0.253 e. The average Bonchev–Trinajstić information content (AvgIpc) is 3.22. The number of sulfonamides is 1. The third-order valence-electron chi connectivity index (χ3n) is 3.77. The van der Waals surface area contributed by atoms with E-state index < -0.39 is 10.0 Å². The first-order valence-electron chi connectivity index (χ1n) is 8.22. The Labute approximate surface area is 164 Å². The van der Waals surface area contributed by atoms with Crippen LogP contribution >= 0.6 is 22.7 Å². The molecule has 0 unspecified atom stereocenters. The summed E-state index contributed by atoms with van der Waals surface area (Å²) in [4.78, 5) is 18.1. The number of nitrogens with zero attached hydrogens (tertiary/aromatic N) is 2. The van der Waals surface area contributed by atoms with Crippen LogP contribution in [0.5, 0.6) is 0 Å². The molecule has 2 N–H and O–H groups in total. The molecule has 0 saturated carbocycles. The van der Waals surface area contributed by atoms with Crippen LogP contribution in [0.15, 0.2) is 45.6 Å². The molecule has 0 aliphatic heterocycles. The van der Waals surface area contributed by atoms with Crippen LogP contribution in [0.2, 0.25) is 0 Å². The van der Waals surface area contributed by atoms with Crippen molar-refractivity contribution in [3.05, 3.63) is 45.4 Å². The molecular formula is C17H19N3O4S3. The van der Waals surface area contributed by atoms with Gasteiger partial charge in [0.15, 0.2) is 4.80 Å². The summed E-state index contributed by atoms with van der Waals surface area (Å²) in [5.74, 6) is -0.249. The van der Waals surface area contributed by atoms with E-state index in [9.17, 15) is 13.2 Å². The lowest BCUT2D eigenvalue weighted by Crippen LogP contribution is -2.20. The number of thiophene rings is 1. The van der Waals surface area contributed by atoms with E-state index in [1.807, 2.05) is 29.0 Å². The number of benzene rings is 1. The minimum Gasteiger partial charge on any atom is -0.380 e. The second-order valence-corrected chi connectivity index (χ2v) is 9.27. The van der Waals surface area contributed by atoms with Crippen LogP contribution in [0.4, 0.5) is 0 Å². The Morgan fingerprint density at radius 2 is 2.15 bits per heavy atom. The molecule has 144 valence electrons. The van der Waals surface area contributed by atoms with Gasteiger partial charge in [0.1, 0.15) is 0 Å². The van der Waals surface area contributed by atoms with Gasteiger partial charge in [0.2, 0.25) is 10.0 Å². The number of amides is 1. The monoisotopic (exact) mass is 425 g/mol. The molecule has 27 heavy (non-hydrogen) atoms. The molecular weight excluding hydrogens is 406 g/mol. The van der Waals surface area contributed by atoms with Crippen molar-refractivity contribution in [2.45, 2.75) is 24.8 Å². The summed E-state index contributed by atoms with van der Waals surface area (Å²) in [5, 5.41) is 7.14. The van der Waals surface area contributed by atoms with E-state index in [-0.39, 0.29) is 17.2 Å². The lowest BCUT2D eigenvalue weighted by Gasteiger charge is -2.06. The molecule has 10 heteroatoms. The summed E-state index contributed by atoms with van der Waals surface area (Å²) in [7, 11) is -3.80. The number of hydrogen-bond acceptors (Lipinski definition) is 6. The summed E-state index contributed by atoms with van der Waals surface area (Å²) >= 11 is 2.76. The van der Waals surface area contributed by atoms with E-state index in [4.69, 9.17) is 9.88 Å². The molecule has 0 fully saturated rings. The zero-order valence-corrected chi connectivity index (χ0v) is 17.1. The molecule has 0 atom stereocenters. The third-order valence-corrected chi connectivity index (χ3v) is 6.60. The molecule has 2 aromatic heterocycles. The lowest BCUT2D eigenvalue weighted by molar-refractivity contribution is -0.117. The van der Waals surface area contributed by atoms with Crippen LogP contribution in [0, 0.1) is 0 Å². The van der Waals surface area contributed by atoms with Gasteiger partial charge in [0, 0.05) is 18.0 Å². The van der Waals surface area contributed by atoms with Gasteiger partial charge < -0.3 is 9.30 Å². The standard InChI is InChI=1S/C17H19N3O4S3/c1-2-24-8-7-20-14-6-5-13(27(18,22)23)11-15(14)26-17(20)19-16(21)10-12-4-3-9-25-12/h3-6,9,11H,2,7-8,10H2,1H3,(H2,18,22,23). The van der Waals surface area contributed by atoms with Crippen molar-refractivity contribution < 1.29 is 17.9 Å². The highest BCUT2D eigenvalue weighted by atomic mass is 32.2. The Hall–Kier alpha value is -1.85. The zero-order valence-electron chi connectivity index (χ0n) is 14.6. The van der Waals surface area contributed by atoms with Crippen molar-refractivity contribution in [3.63, 3.8) is 0 Å². The van der Waals surface area contributed by atoms with Gasteiger partial charge in [0.05, 0.1) is 28.1 Å². The second-order valence-electron chi connectivity index (χ2n) is 5.67. The fourth-order valence-electron chi connectivity index (χ4n) is 2.54. The minimum atomic E-state index is -3.80. The van der Waals surface area contributed by atoms with Gasteiger partial charge in [-0.1, -0.05) is 17.4 Å². The van der Waals surface area contributed by atoms with E-state index in [2.05, 4.69) is 4.99 Å². The molecule has 1 aromatic carbocycles. The van der Waals surface area contributed by atoms with E-state index in [0.717, 1.165) is 10.4 Å². The van der Waals surface area contributed by atoms with Crippen molar-refractivity contribution in [1.82, 2.24) is 4.57 Å². The van der Waals surface area contributed by atoms with Gasteiger partial charge in [-0.15, -0.1) is 11.3 Å². The molecule has 2 heterocycles. The smallest absolute Gasteiger partial charge is 0.253 e. The van der Waals surface area contributed by atoms with Gasteiger partial charge in [-0.25, -0.2) is 13.6 Å². The summed E-state index contributed by atoms with van der Waals surface area (Å²) < 4.78 is 31.2. The molecule has 0 spiro atoms. The number of carbonyl (C=O) groups excluding carboxylic acids is 1. The Bertz CT molecular complexity index is 1110. The Balaban J connectivity index is 2.04. The number of hydrogen-bond donors (Lipinski definition) is 1. The number of rotatable bonds is 7. The van der Waals surface area contributed by atoms with E-state index >= 15 is 0 Å². The largest absolute Gasteiger partial charge is 0.380 e. The first-order chi connectivity index (χ1) is 12.9. The predicted octanol–water partition coefficient (Wildman–Crippen LogP) is 2.12. The number of nitrogens with two attached hydrogens (primary N) is 1. The first kappa shape index (κ1) is 19.9. The fraction of sp³-hybridized carbons (Fsp3) is 0.294. The minimum absolute atomic E-state index is 0.0321. The molecule has 0 saturated heterocycles. The molecule has 7 nitrogen and oxygen atoms in total. The summed E-state index contributed by atoms with van der Waals surface area (Å²) in [6, 6.07) is 8.43. The molecule has 3 rings (SSSR count). The van der Waals surface area contributed by atoms with E-state index in [1.54, 1.807) is 6.07 Å². The van der Waals surface area contributed by atoms with Crippen molar-refractivity contribution in [2.24, 2.45) is 10.1 Å². The topological polar surface area (TPSA) is 104 Å². The summed E-state index contributed by atoms with van der Waals surface area (Å²) in [6.07, 6.45) is 0.236. The number of carbonyl (C=O) groups is 1. The maximum atomic E-state index is 12.4. The maximum absolute atomic E-state index is 12.4. The highest BCUT2D eigenvalue weighted by Gasteiger charge is 2.13. The van der Waals surface area contributed by atoms with Crippen LogP contribution in [0.1, 0.15) is 11.8 Å². The number of primary sulfonamides is 1. The summed E-state index contributed by atoms with van der Waals surface area (Å²) in [5.41, 5.74) is 0.787. The molecule has 3 aromatic rings. The molecule has 0 radical (unpaired) electrons. The van der Waals surface area contributed by atoms with Crippen molar-refractivity contribution in [1.29, 1.82) is 0 Å². The van der Waals surface area contributed by atoms with Crippen LogP contribution in [0.25, 0.3) is 10.2 Å². The Morgan fingerprint density at radius 1 is 1.33 bits per heavy atom. The Kier molecular flexibility index (Phi) is 6.22. The molecule has 0 bridgehead atoms. The number of fused-ring (bicyclic) bond motifs is 1. The molecule has 1 amide bonds. The van der Waals surface area contributed by atoms with E-state index in [0.29, 0.717) is 29.3 Å². The van der Waals surface area contributed by atoms with Crippen LogP contribution in [-0.4, -0.2) is 32.1 Å². The summed E-state index contributed by atoms with van der Waals surface area (Å²) in [6.45, 7) is 3.46. The predicted molar refractivity (Wildman–Crippen MR) is 106 cm³/mol. The van der Waals surface area contributed by atoms with Gasteiger partial charge >= 0.3 is 0 Å². The van der Waals surface area contributed by atoms with Gasteiger partial charge in [0.25, 0.3) is 5.91 Å². The van der Waals surface area contributed by atoms with Crippen LogP contribution in [-0.2, 0) is 32.5 Å². The quantitative estimate of drug-likeness (QED) is 0.586. The lowest BCUT2D eigenvalue weighted by atomic mass is 10.3. The number of ether oxygens (including phenoxy) is 1. The van der Waals surface area contributed by atoms with Crippen molar-refractivity contribution in [3.8, 4) is 0 Å². The third kappa shape index (κ3) is 4.90. The van der Waals surface area contributed by atoms with Gasteiger partial charge in [-0.2, -0.15) is 4.99 Å². The van der Waals surface area contributed by atoms with Crippen molar-refractivity contribution >= 4 is 48.8 Å².